The Morgan fingerprint density at radius 2 is 1.95 bits per heavy atom. The Hall–Kier alpha value is -2.15. The molecule has 1 N–H and O–H groups in total. The Morgan fingerprint density at radius 3 is 2.57 bits per heavy atom. The molecule has 7 heteroatoms. The number of carbonyl (C=O) groups is 2. The summed E-state index contributed by atoms with van der Waals surface area (Å²) in [5, 5.41) is 2.55. The van der Waals surface area contributed by atoms with Gasteiger partial charge in [-0.3, -0.25) is 9.59 Å². The van der Waals surface area contributed by atoms with E-state index in [-0.39, 0.29) is 17.6 Å². The summed E-state index contributed by atoms with van der Waals surface area (Å²) in [7, 11) is 0. The second-order valence-electron chi connectivity index (χ2n) is 4.92. The number of morpholine rings is 1. The summed E-state index contributed by atoms with van der Waals surface area (Å²) in [6, 6.07) is 4.64. The fraction of sp³-hybridized carbons (Fsp3) is 0.429. The number of hydrogen-bond donors (Lipinski definition) is 1. The van der Waals surface area contributed by atoms with Crippen molar-refractivity contribution < 1.29 is 23.5 Å². The minimum absolute atomic E-state index is 0.176. The third kappa shape index (κ3) is 2.82. The van der Waals surface area contributed by atoms with Crippen LogP contribution in [0.3, 0.4) is 0 Å². The van der Waals surface area contributed by atoms with E-state index in [1.807, 2.05) is 0 Å². The molecule has 0 bridgehead atoms. The van der Waals surface area contributed by atoms with E-state index in [4.69, 9.17) is 9.47 Å². The Morgan fingerprint density at radius 1 is 1.29 bits per heavy atom. The summed E-state index contributed by atoms with van der Waals surface area (Å²) in [5.41, 5.74) is 0. The maximum atomic E-state index is 12.8. The maximum Gasteiger partial charge on any atom is 0.264 e. The van der Waals surface area contributed by atoms with Crippen molar-refractivity contribution in [2.75, 3.05) is 26.3 Å². The van der Waals surface area contributed by atoms with E-state index in [1.165, 1.54) is 24.3 Å². The van der Waals surface area contributed by atoms with Crippen LogP contribution < -0.4 is 10.1 Å². The largest absolute Gasteiger partial charge is 0.478 e. The third-order valence-corrected chi connectivity index (χ3v) is 3.52. The van der Waals surface area contributed by atoms with Crippen LogP contribution in [0.25, 0.3) is 0 Å². The van der Waals surface area contributed by atoms with Gasteiger partial charge in [0, 0.05) is 13.1 Å². The lowest BCUT2D eigenvalue weighted by Gasteiger charge is -2.39. The number of nitrogens with zero attached hydrogens (tertiary/aromatic N) is 1. The molecule has 2 aliphatic heterocycles. The quantitative estimate of drug-likeness (QED) is 0.793. The van der Waals surface area contributed by atoms with Gasteiger partial charge in [0.15, 0.2) is 6.04 Å². The van der Waals surface area contributed by atoms with Gasteiger partial charge in [0.2, 0.25) is 12.0 Å². The molecule has 0 radical (unpaired) electrons. The first-order valence-corrected chi connectivity index (χ1v) is 6.74. The average Bonchev–Trinajstić information content (AvgIpc) is 2.52. The first-order valence-electron chi connectivity index (χ1n) is 6.74. The Kier molecular flexibility index (Phi) is 3.74. The highest BCUT2D eigenvalue weighted by Crippen LogP contribution is 2.20. The number of carbonyl (C=O) groups excluding carboxylic acids is 2. The van der Waals surface area contributed by atoms with Crippen molar-refractivity contribution in [3.05, 3.63) is 30.1 Å². The molecular formula is C14H15FN2O4. The summed E-state index contributed by atoms with van der Waals surface area (Å²) < 4.78 is 23.5. The second-order valence-corrected chi connectivity index (χ2v) is 4.92. The zero-order chi connectivity index (χ0) is 14.8. The predicted molar refractivity (Wildman–Crippen MR) is 70.1 cm³/mol. The van der Waals surface area contributed by atoms with Gasteiger partial charge in [-0.05, 0) is 24.3 Å². The number of amides is 2. The van der Waals surface area contributed by atoms with Gasteiger partial charge >= 0.3 is 0 Å². The number of β-lactam (4-membered cyclic amide) rings is 1. The van der Waals surface area contributed by atoms with Crippen molar-refractivity contribution in [2.45, 2.75) is 12.1 Å². The van der Waals surface area contributed by atoms with Crippen molar-refractivity contribution in [3.8, 4) is 5.75 Å². The molecule has 3 rings (SSSR count). The van der Waals surface area contributed by atoms with Gasteiger partial charge in [-0.15, -0.1) is 0 Å². The van der Waals surface area contributed by atoms with Gasteiger partial charge in [-0.1, -0.05) is 0 Å². The van der Waals surface area contributed by atoms with Gasteiger partial charge in [0.05, 0.1) is 13.2 Å². The van der Waals surface area contributed by atoms with E-state index in [9.17, 15) is 14.0 Å². The summed E-state index contributed by atoms with van der Waals surface area (Å²) >= 11 is 0. The number of hydrogen-bond acceptors (Lipinski definition) is 4. The molecule has 1 aromatic carbocycles. The zero-order valence-electron chi connectivity index (χ0n) is 11.3. The summed E-state index contributed by atoms with van der Waals surface area (Å²) in [6.45, 7) is 2.01. The highest BCUT2D eigenvalue weighted by molar-refractivity contribution is 6.01. The monoisotopic (exact) mass is 294 g/mol. The van der Waals surface area contributed by atoms with Crippen LogP contribution in [-0.2, 0) is 14.3 Å². The number of ether oxygens (including phenoxy) is 2. The zero-order valence-corrected chi connectivity index (χ0v) is 11.3. The van der Waals surface area contributed by atoms with E-state index in [0.717, 1.165) is 0 Å². The van der Waals surface area contributed by atoms with Gasteiger partial charge in [0.25, 0.3) is 5.91 Å². The fourth-order valence-corrected chi connectivity index (χ4v) is 2.32. The van der Waals surface area contributed by atoms with Crippen molar-refractivity contribution >= 4 is 11.8 Å². The van der Waals surface area contributed by atoms with Crippen molar-refractivity contribution in [3.63, 3.8) is 0 Å². The molecule has 2 fully saturated rings. The molecule has 1 aromatic rings. The SMILES string of the molecule is O=C1N[C@H](C(=O)N2CCOCC2)[C@@H]1Oc1ccc(F)cc1. The highest BCUT2D eigenvalue weighted by atomic mass is 19.1. The van der Waals surface area contributed by atoms with Crippen LogP contribution in [-0.4, -0.2) is 55.2 Å². The molecule has 0 aromatic heterocycles. The molecule has 2 heterocycles. The lowest BCUT2D eigenvalue weighted by Crippen LogP contribution is -2.70. The lowest BCUT2D eigenvalue weighted by molar-refractivity contribution is -0.155. The molecular weight excluding hydrogens is 279 g/mol. The minimum Gasteiger partial charge on any atom is -0.478 e. The van der Waals surface area contributed by atoms with Crippen LogP contribution in [0.1, 0.15) is 0 Å². The van der Waals surface area contributed by atoms with Crippen molar-refractivity contribution in [1.29, 1.82) is 0 Å². The number of nitrogens with one attached hydrogen (secondary N) is 1. The summed E-state index contributed by atoms with van der Waals surface area (Å²) in [6.07, 6.45) is -0.870. The molecule has 2 atom stereocenters. The molecule has 0 spiro atoms. The molecule has 2 aliphatic rings. The fourth-order valence-electron chi connectivity index (χ4n) is 2.32. The molecule has 6 nitrogen and oxygen atoms in total. The Labute approximate surface area is 120 Å². The van der Waals surface area contributed by atoms with Gasteiger partial charge < -0.3 is 19.7 Å². The number of halogens is 1. The molecule has 0 saturated carbocycles. The second kappa shape index (κ2) is 5.69. The van der Waals surface area contributed by atoms with Crippen LogP contribution >= 0.6 is 0 Å². The maximum absolute atomic E-state index is 12.8. The van der Waals surface area contributed by atoms with Crippen LogP contribution in [0.5, 0.6) is 5.75 Å². The summed E-state index contributed by atoms with van der Waals surface area (Å²) in [4.78, 5) is 25.5. The van der Waals surface area contributed by atoms with Crippen LogP contribution in [0, 0.1) is 5.82 Å². The van der Waals surface area contributed by atoms with E-state index in [0.29, 0.717) is 32.1 Å². The first kappa shape index (κ1) is 13.8. The molecule has 2 amide bonds. The molecule has 21 heavy (non-hydrogen) atoms. The number of benzene rings is 1. The van der Waals surface area contributed by atoms with Gasteiger partial charge in [-0.25, -0.2) is 4.39 Å². The first-order chi connectivity index (χ1) is 10.1. The van der Waals surface area contributed by atoms with Crippen molar-refractivity contribution in [1.82, 2.24) is 10.2 Å². The Bertz CT molecular complexity index is 542. The predicted octanol–water partition coefficient (Wildman–Crippen LogP) is -0.0697. The standard InChI is InChI=1S/C14H15FN2O4/c15-9-1-3-10(4-2-9)21-12-11(16-13(12)18)14(19)17-5-7-20-8-6-17/h1-4,11-12H,5-8H2,(H,16,18)/t11-,12-/m0/s1. The molecule has 0 aliphatic carbocycles. The summed E-state index contributed by atoms with van der Waals surface area (Å²) in [5.74, 6) is -0.548. The third-order valence-electron chi connectivity index (χ3n) is 3.52. The topological polar surface area (TPSA) is 67.9 Å². The normalized spacial score (nSPS) is 25.0. The smallest absolute Gasteiger partial charge is 0.264 e. The van der Waals surface area contributed by atoms with Crippen LogP contribution in [0.2, 0.25) is 0 Å². The lowest BCUT2D eigenvalue weighted by atomic mass is 10.00. The van der Waals surface area contributed by atoms with Crippen molar-refractivity contribution in [2.24, 2.45) is 0 Å². The Balaban J connectivity index is 1.65. The molecule has 0 unspecified atom stereocenters. The van der Waals surface area contributed by atoms with Crippen LogP contribution in [0.4, 0.5) is 4.39 Å². The van der Waals surface area contributed by atoms with E-state index >= 15 is 0 Å². The molecule has 2 saturated heterocycles. The van der Waals surface area contributed by atoms with E-state index in [2.05, 4.69) is 5.32 Å². The van der Waals surface area contributed by atoms with E-state index in [1.54, 1.807) is 4.90 Å². The highest BCUT2D eigenvalue weighted by Gasteiger charge is 2.47. The van der Waals surface area contributed by atoms with Gasteiger partial charge in [-0.2, -0.15) is 0 Å². The number of rotatable bonds is 3. The van der Waals surface area contributed by atoms with Crippen LogP contribution in [0.15, 0.2) is 24.3 Å². The average molecular weight is 294 g/mol. The van der Waals surface area contributed by atoms with E-state index < -0.39 is 12.1 Å². The van der Waals surface area contributed by atoms with Gasteiger partial charge in [0.1, 0.15) is 11.6 Å². The molecule has 112 valence electrons. The minimum atomic E-state index is -0.870.